The van der Waals surface area contributed by atoms with E-state index in [1.165, 1.54) is 0 Å². The third-order valence-electron chi connectivity index (χ3n) is 8.83. The molecule has 8 nitrogen and oxygen atoms in total. The van der Waals surface area contributed by atoms with Crippen molar-refractivity contribution < 1.29 is 19.5 Å². The summed E-state index contributed by atoms with van der Waals surface area (Å²) in [7, 11) is 0. The van der Waals surface area contributed by atoms with Crippen molar-refractivity contribution in [2.75, 3.05) is 50.7 Å². The van der Waals surface area contributed by atoms with Gasteiger partial charge in [0.15, 0.2) is 0 Å². The lowest BCUT2D eigenvalue weighted by Crippen LogP contribution is -2.48. The average Bonchev–Trinajstić information content (AvgIpc) is 2.99. The SMILES string of the molecule is CCN(C(=O)Cc1ccc(O)cc1)C1CCN(CCCN(C(=O)C2CCN(C(C)=O)CC2)c2ccc(C)c(Cl)c2)CC1. The second-order valence-corrected chi connectivity index (χ2v) is 12.1. The number of phenols is 1. The topological polar surface area (TPSA) is 84.4 Å². The Bertz CT molecular complexity index is 1220. The second-order valence-electron chi connectivity index (χ2n) is 11.7. The minimum absolute atomic E-state index is 0.0654. The predicted octanol–water partition coefficient (Wildman–Crippen LogP) is 4.89. The summed E-state index contributed by atoms with van der Waals surface area (Å²) >= 11 is 6.45. The number of hydrogen-bond donors (Lipinski definition) is 1. The first-order valence-electron chi connectivity index (χ1n) is 15.3. The molecule has 0 radical (unpaired) electrons. The van der Waals surface area contributed by atoms with Gasteiger partial charge in [-0.05, 0) is 87.9 Å². The third-order valence-corrected chi connectivity index (χ3v) is 9.24. The van der Waals surface area contributed by atoms with Gasteiger partial charge in [0.05, 0.1) is 6.42 Å². The first-order chi connectivity index (χ1) is 20.2. The molecule has 0 atom stereocenters. The normalized spacial score (nSPS) is 16.8. The number of hydrogen-bond acceptors (Lipinski definition) is 5. The number of carbonyl (C=O) groups is 3. The summed E-state index contributed by atoms with van der Waals surface area (Å²) in [6, 6.07) is 12.9. The Kier molecular flexibility index (Phi) is 11.3. The minimum atomic E-state index is -0.101. The van der Waals surface area contributed by atoms with Crippen LogP contribution in [0, 0.1) is 12.8 Å². The zero-order valence-corrected chi connectivity index (χ0v) is 26.0. The molecule has 9 heteroatoms. The van der Waals surface area contributed by atoms with Gasteiger partial charge in [-0.1, -0.05) is 29.8 Å². The highest BCUT2D eigenvalue weighted by Crippen LogP contribution is 2.28. The number of piperidine rings is 2. The van der Waals surface area contributed by atoms with Crippen LogP contribution in [0.15, 0.2) is 42.5 Å². The van der Waals surface area contributed by atoms with E-state index in [4.69, 9.17) is 11.6 Å². The molecule has 4 rings (SSSR count). The quantitative estimate of drug-likeness (QED) is 0.422. The van der Waals surface area contributed by atoms with Gasteiger partial charge in [0.25, 0.3) is 0 Å². The van der Waals surface area contributed by atoms with Crippen LogP contribution in [0.5, 0.6) is 5.75 Å². The zero-order valence-electron chi connectivity index (χ0n) is 25.2. The van der Waals surface area contributed by atoms with Crippen molar-refractivity contribution in [3.05, 3.63) is 58.6 Å². The van der Waals surface area contributed by atoms with Crippen LogP contribution in [0.1, 0.15) is 57.1 Å². The molecule has 0 unspecified atom stereocenters. The maximum atomic E-state index is 13.7. The summed E-state index contributed by atoms with van der Waals surface area (Å²) in [6.07, 6.45) is 4.41. The van der Waals surface area contributed by atoms with E-state index in [0.717, 1.165) is 55.7 Å². The Morgan fingerprint density at radius 2 is 1.64 bits per heavy atom. The number of nitrogens with zero attached hydrogens (tertiary/aromatic N) is 4. The zero-order chi connectivity index (χ0) is 30.2. The van der Waals surface area contributed by atoms with E-state index in [2.05, 4.69) is 4.90 Å². The number of carbonyl (C=O) groups excluding carboxylic acids is 3. The van der Waals surface area contributed by atoms with Crippen LogP contribution >= 0.6 is 11.6 Å². The summed E-state index contributed by atoms with van der Waals surface area (Å²) < 4.78 is 0. The van der Waals surface area contributed by atoms with Gasteiger partial charge in [-0.25, -0.2) is 0 Å². The maximum Gasteiger partial charge on any atom is 0.230 e. The van der Waals surface area contributed by atoms with Crippen molar-refractivity contribution in [2.45, 2.75) is 65.3 Å². The number of benzene rings is 2. The molecule has 2 heterocycles. The summed E-state index contributed by atoms with van der Waals surface area (Å²) in [5.74, 6) is 0.409. The largest absolute Gasteiger partial charge is 0.508 e. The molecule has 0 bridgehead atoms. The molecular formula is C33H45ClN4O4. The lowest BCUT2D eigenvalue weighted by atomic mass is 9.94. The van der Waals surface area contributed by atoms with Crippen LogP contribution < -0.4 is 4.90 Å². The highest BCUT2D eigenvalue weighted by molar-refractivity contribution is 6.31. The Balaban J connectivity index is 1.30. The van der Waals surface area contributed by atoms with Crippen LogP contribution in [0.2, 0.25) is 5.02 Å². The number of aromatic hydroxyl groups is 1. The highest BCUT2D eigenvalue weighted by Gasteiger charge is 2.31. The molecule has 1 N–H and O–H groups in total. The van der Waals surface area contributed by atoms with Gasteiger partial charge in [-0.2, -0.15) is 0 Å². The number of likely N-dealkylation sites (tertiary alicyclic amines) is 2. The first kappa shape index (κ1) is 31.8. The molecule has 0 saturated carbocycles. The molecule has 0 aliphatic carbocycles. The molecule has 2 aromatic rings. The van der Waals surface area contributed by atoms with Gasteiger partial charge in [-0.15, -0.1) is 0 Å². The van der Waals surface area contributed by atoms with Gasteiger partial charge in [-0.3, -0.25) is 14.4 Å². The van der Waals surface area contributed by atoms with E-state index in [9.17, 15) is 19.5 Å². The highest BCUT2D eigenvalue weighted by atomic mass is 35.5. The first-order valence-corrected chi connectivity index (χ1v) is 15.7. The minimum Gasteiger partial charge on any atom is -0.508 e. The molecule has 2 aliphatic heterocycles. The number of likely N-dealkylation sites (N-methyl/N-ethyl adjacent to an activating group) is 1. The van der Waals surface area contributed by atoms with E-state index in [1.54, 1.807) is 31.2 Å². The monoisotopic (exact) mass is 596 g/mol. The second kappa shape index (κ2) is 14.9. The lowest BCUT2D eigenvalue weighted by molar-refractivity contribution is -0.133. The van der Waals surface area contributed by atoms with E-state index >= 15 is 0 Å². The number of aryl methyl sites for hydroxylation is 1. The summed E-state index contributed by atoms with van der Waals surface area (Å²) in [5.41, 5.74) is 2.72. The molecule has 228 valence electrons. The van der Waals surface area contributed by atoms with E-state index in [0.29, 0.717) is 50.5 Å². The lowest BCUT2D eigenvalue weighted by Gasteiger charge is -2.38. The number of amides is 3. The molecule has 0 aromatic heterocycles. The predicted molar refractivity (Wildman–Crippen MR) is 167 cm³/mol. The van der Waals surface area contributed by atoms with E-state index < -0.39 is 0 Å². The molecular weight excluding hydrogens is 552 g/mol. The maximum absolute atomic E-state index is 13.7. The summed E-state index contributed by atoms with van der Waals surface area (Å²) in [5, 5.41) is 10.2. The van der Waals surface area contributed by atoms with Gasteiger partial charge in [0.2, 0.25) is 17.7 Å². The fourth-order valence-electron chi connectivity index (χ4n) is 6.21. The van der Waals surface area contributed by atoms with Crippen LogP contribution in [0.25, 0.3) is 0 Å². The molecule has 2 aromatic carbocycles. The van der Waals surface area contributed by atoms with Crippen LogP contribution in [0.3, 0.4) is 0 Å². The van der Waals surface area contributed by atoms with Gasteiger partial charge >= 0.3 is 0 Å². The average molecular weight is 597 g/mol. The standard InChI is InChI=1S/C33H45ClN4O4/c1-4-37(32(41)22-26-7-10-30(40)11-8-26)28-14-18-35(19-15-28)16-5-17-38(29-9-6-24(2)31(34)23-29)33(42)27-12-20-36(21-13-27)25(3)39/h6-11,23,27-28,40H,4-5,12-22H2,1-3H3. The van der Waals surface area contributed by atoms with E-state index in [1.807, 2.05) is 46.7 Å². The third kappa shape index (κ3) is 8.26. The molecule has 42 heavy (non-hydrogen) atoms. The Morgan fingerprint density at radius 1 is 0.976 bits per heavy atom. The summed E-state index contributed by atoms with van der Waals surface area (Å²) in [6.45, 7) is 10.8. The van der Waals surface area contributed by atoms with Crippen molar-refractivity contribution >= 4 is 35.0 Å². The number of rotatable bonds is 10. The van der Waals surface area contributed by atoms with Crippen molar-refractivity contribution in [1.29, 1.82) is 0 Å². The van der Waals surface area contributed by atoms with Crippen LogP contribution in [-0.2, 0) is 20.8 Å². The smallest absolute Gasteiger partial charge is 0.230 e. The Labute approximate surface area is 255 Å². The number of anilines is 1. The van der Waals surface area contributed by atoms with Crippen molar-refractivity contribution in [3.8, 4) is 5.75 Å². The van der Waals surface area contributed by atoms with Gasteiger partial charge < -0.3 is 24.7 Å². The fraction of sp³-hybridized carbons (Fsp3) is 0.545. The molecule has 2 fully saturated rings. The molecule has 2 saturated heterocycles. The number of halogens is 1. The van der Waals surface area contributed by atoms with E-state index in [-0.39, 0.29) is 35.4 Å². The molecule has 2 aliphatic rings. The molecule has 0 spiro atoms. The summed E-state index contributed by atoms with van der Waals surface area (Å²) in [4.78, 5) is 46.7. The molecule has 3 amide bonds. The fourth-order valence-corrected chi connectivity index (χ4v) is 6.39. The Hall–Kier alpha value is -3.10. The van der Waals surface area contributed by atoms with Gasteiger partial charge in [0.1, 0.15) is 5.75 Å². The van der Waals surface area contributed by atoms with Crippen molar-refractivity contribution in [2.24, 2.45) is 5.92 Å². The number of phenolic OH excluding ortho intramolecular Hbond substituents is 1. The Morgan fingerprint density at radius 3 is 2.24 bits per heavy atom. The van der Waals surface area contributed by atoms with Gasteiger partial charge in [0, 0.05) is 68.9 Å². The van der Waals surface area contributed by atoms with Crippen molar-refractivity contribution in [3.63, 3.8) is 0 Å². The van der Waals surface area contributed by atoms with Crippen molar-refractivity contribution in [1.82, 2.24) is 14.7 Å². The van der Waals surface area contributed by atoms with Crippen LogP contribution in [0.4, 0.5) is 5.69 Å². The van der Waals surface area contributed by atoms with Crippen LogP contribution in [-0.4, -0.2) is 89.4 Å².